The number of aromatic nitrogens is 1. The van der Waals surface area contributed by atoms with Gasteiger partial charge in [-0.05, 0) is 50.5 Å². The van der Waals surface area contributed by atoms with Gasteiger partial charge in [0.05, 0.1) is 19.4 Å². The van der Waals surface area contributed by atoms with Crippen LogP contribution in [0.4, 0.5) is 0 Å². The lowest BCUT2D eigenvalue weighted by Crippen LogP contribution is -2.48. The predicted octanol–water partition coefficient (Wildman–Crippen LogP) is 4.35. The minimum Gasteiger partial charge on any atom is -0.467 e. The quantitative estimate of drug-likeness (QED) is 0.614. The summed E-state index contributed by atoms with van der Waals surface area (Å²) in [4.78, 5) is 30.3. The predicted molar refractivity (Wildman–Crippen MR) is 116 cm³/mol. The third-order valence-corrected chi connectivity index (χ3v) is 6.35. The number of carbonyl (C=O) groups is 2. The van der Waals surface area contributed by atoms with E-state index in [1.807, 2.05) is 53.9 Å². The van der Waals surface area contributed by atoms with Crippen molar-refractivity contribution in [3.63, 3.8) is 0 Å². The standard InChI is InChI=1S/C24H35N3O3/c1-4-19(2)27(24(29)20-10-6-5-7-11-20)18-23(28)26(17-22-13-9-15-30-22)16-21-12-8-14-25(21)3/h8-9,12-15,19-20H,4-7,10-11,16-18H2,1-3H3. The molecule has 6 nitrogen and oxygen atoms in total. The number of hydrogen-bond acceptors (Lipinski definition) is 3. The van der Waals surface area contributed by atoms with E-state index in [4.69, 9.17) is 4.42 Å². The van der Waals surface area contributed by atoms with Crippen LogP contribution in [0.5, 0.6) is 0 Å². The van der Waals surface area contributed by atoms with Crippen molar-refractivity contribution in [2.75, 3.05) is 6.54 Å². The fourth-order valence-corrected chi connectivity index (χ4v) is 4.18. The third-order valence-electron chi connectivity index (χ3n) is 6.35. The summed E-state index contributed by atoms with van der Waals surface area (Å²) < 4.78 is 7.51. The van der Waals surface area contributed by atoms with E-state index in [1.165, 1.54) is 6.42 Å². The number of aryl methyl sites for hydroxylation is 1. The molecule has 0 spiro atoms. The molecule has 0 saturated heterocycles. The lowest BCUT2D eigenvalue weighted by Gasteiger charge is -2.34. The molecule has 0 radical (unpaired) electrons. The van der Waals surface area contributed by atoms with Crippen molar-refractivity contribution < 1.29 is 14.0 Å². The maximum Gasteiger partial charge on any atom is 0.242 e. The van der Waals surface area contributed by atoms with Gasteiger partial charge in [-0.1, -0.05) is 26.2 Å². The van der Waals surface area contributed by atoms with Crippen LogP contribution in [-0.2, 0) is 29.7 Å². The maximum atomic E-state index is 13.4. The summed E-state index contributed by atoms with van der Waals surface area (Å²) in [6.07, 6.45) is 9.75. The minimum atomic E-state index is -0.0444. The lowest BCUT2D eigenvalue weighted by molar-refractivity contribution is -0.146. The van der Waals surface area contributed by atoms with Gasteiger partial charge in [0, 0.05) is 30.9 Å². The molecule has 30 heavy (non-hydrogen) atoms. The number of rotatable bonds is 9. The van der Waals surface area contributed by atoms with Gasteiger partial charge in [0.2, 0.25) is 11.8 Å². The van der Waals surface area contributed by atoms with Gasteiger partial charge < -0.3 is 18.8 Å². The summed E-state index contributed by atoms with van der Waals surface area (Å²) >= 11 is 0. The summed E-state index contributed by atoms with van der Waals surface area (Å²) in [5.74, 6) is 0.907. The summed E-state index contributed by atoms with van der Waals surface area (Å²) in [7, 11) is 1.98. The molecule has 3 rings (SSSR count). The van der Waals surface area contributed by atoms with E-state index >= 15 is 0 Å². The zero-order valence-corrected chi connectivity index (χ0v) is 18.5. The van der Waals surface area contributed by atoms with E-state index in [0.29, 0.717) is 13.1 Å². The molecule has 0 N–H and O–H groups in total. The molecule has 1 atom stereocenters. The van der Waals surface area contributed by atoms with Crippen LogP contribution in [-0.4, -0.2) is 38.8 Å². The van der Waals surface area contributed by atoms with Crippen molar-refractivity contribution in [1.82, 2.24) is 14.4 Å². The number of carbonyl (C=O) groups excluding carboxylic acids is 2. The van der Waals surface area contributed by atoms with Gasteiger partial charge in [-0.15, -0.1) is 0 Å². The van der Waals surface area contributed by atoms with E-state index in [0.717, 1.165) is 43.6 Å². The first-order chi connectivity index (χ1) is 14.5. The molecular weight excluding hydrogens is 378 g/mol. The van der Waals surface area contributed by atoms with Crippen LogP contribution in [0.1, 0.15) is 63.8 Å². The number of furan rings is 1. The van der Waals surface area contributed by atoms with Crippen molar-refractivity contribution in [2.24, 2.45) is 13.0 Å². The van der Waals surface area contributed by atoms with Gasteiger partial charge in [0.1, 0.15) is 12.3 Å². The van der Waals surface area contributed by atoms with Gasteiger partial charge in [0.25, 0.3) is 0 Å². The Bertz CT molecular complexity index is 806. The highest BCUT2D eigenvalue weighted by atomic mass is 16.3. The molecule has 2 aromatic heterocycles. The molecule has 6 heteroatoms. The van der Waals surface area contributed by atoms with E-state index in [9.17, 15) is 9.59 Å². The highest BCUT2D eigenvalue weighted by molar-refractivity contribution is 5.86. The Labute approximate surface area is 179 Å². The molecule has 0 bridgehead atoms. The SMILES string of the molecule is CCC(C)N(CC(=O)N(Cc1ccco1)Cc1cccn1C)C(=O)C1CCCCC1. The van der Waals surface area contributed by atoms with Crippen molar-refractivity contribution in [3.05, 3.63) is 48.2 Å². The molecule has 1 fully saturated rings. The Morgan fingerprint density at radius 2 is 1.93 bits per heavy atom. The van der Waals surface area contributed by atoms with Crippen LogP contribution in [0.25, 0.3) is 0 Å². The van der Waals surface area contributed by atoms with Crippen LogP contribution >= 0.6 is 0 Å². The zero-order valence-electron chi connectivity index (χ0n) is 18.5. The molecule has 2 heterocycles. The average molecular weight is 414 g/mol. The highest BCUT2D eigenvalue weighted by Crippen LogP contribution is 2.26. The molecule has 1 saturated carbocycles. The van der Waals surface area contributed by atoms with Crippen LogP contribution in [0, 0.1) is 5.92 Å². The van der Waals surface area contributed by atoms with Crippen LogP contribution in [0.3, 0.4) is 0 Å². The summed E-state index contributed by atoms with van der Waals surface area (Å²) in [5, 5.41) is 0. The third kappa shape index (κ3) is 5.55. The fourth-order valence-electron chi connectivity index (χ4n) is 4.18. The van der Waals surface area contributed by atoms with Gasteiger partial charge in [0.15, 0.2) is 0 Å². The molecule has 164 valence electrons. The van der Waals surface area contributed by atoms with Gasteiger partial charge in [-0.2, -0.15) is 0 Å². The Morgan fingerprint density at radius 1 is 1.17 bits per heavy atom. The van der Waals surface area contributed by atoms with Gasteiger partial charge >= 0.3 is 0 Å². The largest absolute Gasteiger partial charge is 0.467 e. The second-order valence-corrected chi connectivity index (χ2v) is 8.50. The van der Waals surface area contributed by atoms with E-state index in [-0.39, 0.29) is 30.3 Å². The lowest BCUT2D eigenvalue weighted by atomic mass is 9.88. The number of amides is 2. The average Bonchev–Trinajstić information content (AvgIpc) is 3.43. The first kappa shape index (κ1) is 22.2. The van der Waals surface area contributed by atoms with Crippen LogP contribution in [0.2, 0.25) is 0 Å². The van der Waals surface area contributed by atoms with Gasteiger partial charge in [-0.25, -0.2) is 0 Å². The molecule has 1 unspecified atom stereocenters. The zero-order chi connectivity index (χ0) is 21.5. The second-order valence-electron chi connectivity index (χ2n) is 8.50. The Kier molecular flexibility index (Phi) is 7.77. The topological polar surface area (TPSA) is 58.7 Å². The molecular formula is C24H35N3O3. The Hall–Kier alpha value is -2.50. The van der Waals surface area contributed by atoms with Crippen molar-refractivity contribution in [3.8, 4) is 0 Å². The molecule has 1 aliphatic rings. The minimum absolute atomic E-state index is 0.0444. The normalized spacial score (nSPS) is 15.7. The summed E-state index contributed by atoms with van der Waals surface area (Å²) in [5.41, 5.74) is 1.05. The smallest absolute Gasteiger partial charge is 0.242 e. The monoisotopic (exact) mass is 413 g/mol. The Morgan fingerprint density at radius 3 is 2.53 bits per heavy atom. The first-order valence-corrected chi connectivity index (χ1v) is 11.2. The second kappa shape index (κ2) is 10.5. The van der Waals surface area contributed by atoms with E-state index < -0.39 is 0 Å². The first-order valence-electron chi connectivity index (χ1n) is 11.2. The highest BCUT2D eigenvalue weighted by Gasteiger charge is 2.31. The van der Waals surface area contributed by atoms with Crippen LogP contribution in [0.15, 0.2) is 41.1 Å². The number of hydrogen-bond donors (Lipinski definition) is 0. The molecule has 0 aromatic carbocycles. The summed E-state index contributed by atoms with van der Waals surface area (Å²) in [6, 6.07) is 7.75. The molecule has 0 aliphatic heterocycles. The van der Waals surface area contributed by atoms with Crippen molar-refractivity contribution in [2.45, 2.75) is 71.5 Å². The van der Waals surface area contributed by atoms with E-state index in [2.05, 4.69) is 6.92 Å². The number of nitrogens with zero attached hydrogens (tertiary/aromatic N) is 3. The van der Waals surface area contributed by atoms with E-state index in [1.54, 1.807) is 11.2 Å². The molecule has 2 amide bonds. The van der Waals surface area contributed by atoms with Gasteiger partial charge in [-0.3, -0.25) is 9.59 Å². The molecule has 2 aromatic rings. The molecule has 1 aliphatic carbocycles. The maximum absolute atomic E-state index is 13.4. The summed E-state index contributed by atoms with van der Waals surface area (Å²) in [6.45, 7) is 5.11. The Balaban J connectivity index is 1.76. The van der Waals surface area contributed by atoms with Crippen LogP contribution < -0.4 is 0 Å². The van der Waals surface area contributed by atoms with Crippen molar-refractivity contribution in [1.29, 1.82) is 0 Å². The fraction of sp³-hybridized carbons (Fsp3) is 0.583. The van der Waals surface area contributed by atoms with Crippen molar-refractivity contribution >= 4 is 11.8 Å².